The Morgan fingerprint density at radius 3 is 2.89 bits per heavy atom. The summed E-state index contributed by atoms with van der Waals surface area (Å²) in [6.07, 6.45) is 1.93. The molecule has 0 saturated heterocycles. The number of allylic oxidation sites excluding steroid dienone is 1. The highest BCUT2D eigenvalue weighted by atomic mass is 35.5. The van der Waals surface area contributed by atoms with E-state index < -0.39 is 0 Å². The van der Waals surface area contributed by atoms with Gasteiger partial charge in [-0.15, -0.1) is 11.6 Å². The minimum Gasteiger partial charge on any atom is -0.375 e. The third-order valence-corrected chi connectivity index (χ3v) is 2.26. The van der Waals surface area contributed by atoms with Crippen LogP contribution in [0.5, 0.6) is 0 Å². The smallest absolute Gasteiger partial charge is 0.0981 e. The first kappa shape index (κ1) is 7.23. The molecule has 1 rings (SSSR count). The number of rotatable bonds is 0. The van der Waals surface area contributed by atoms with Crippen LogP contribution in [-0.4, -0.2) is 11.9 Å². The maximum Gasteiger partial charge on any atom is 0.0981 e. The molecule has 0 amide bonds. The molecule has 0 bridgehead atoms. The third-order valence-electron chi connectivity index (χ3n) is 1.45. The first-order valence-corrected chi connectivity index (χ1v) is 3.77. The van der Waals surface area contributed by atoms with Gasteiger partial charge in [0.05, 0.1) is 10.5 Å². The van der Waals surface area contributed by atoms with E-state index in [-0.39, 0.29) is 5.38 Å². The van der Waals surface area contributed by atoms with Crippen LogP contribution >= 0.6 is 23.2 Å². The summed E-state index contributed by atoms with van der Waals surface area (Å²) >= 11 is 11.5. The van der Waals surface area contributed by atoms with Crippen molar-refractivity contribution in [2.45, 2.75) is 12.3 Å². The van der Waals surface area contributed by atoms with Crippen LogP contribution in [0.4, 0.5) is 0 Å². The average molecular weight is 166 g/mol. The average Bonchev–Trinajstić information content (AvgIpc) is 1.80. The van der Waals surface area contributed by atoms with Gasteiger partial charge >= 0.3 is 0 Å². The van der Waals surface area contributed by atoms with Gasteiger partial charge in [0.15, 0.2) is 0 Å². The van der Waals surface area contributed by atoms with E-state index in [9.17, 15) is 0 Å². The maximum absolute atomic E-state index is 5.87. The Bertz CT molecular complexity index is 133. The minimum absolute atomic E-state index is 0.187. The zero-order valence-corrected chi connectivity index (χ0v) is 6.71. The lowest BCUT2D eigenvalue weighted by Crippen LogP contribution is -2.30. The normalized spacial score (nSPS) is 35.2. The fourth-order valence-corrected chi connectivity index (χ4v) is 1.20. The second-order valence-electron chi connectivity index (χ2n) is 2.27. The summed E-state index contributed by atoms with van der Waals surface area (Å²) < 4.78 is 0. The van der Waals surface area contributed by atoms with E-state index in [0.717, 1.165) is 11.7 Å². The highest BCUT2D eigenvalue weighted by Gasteiger charge is 2.16. The number of alkyl halides is 1. The van der Waals surface area contributed by atoms with Crippen molar-refractivity contribution in [3.8, 4) is 0 Å². The molecule has 0 aromatic heterocycles. The van der Waals surface area contributed by atoms with Crippen LogP contribution in [0.3, 0.4) is 0 Å². The Kier molecular flexibility index (Phi) is 2.25. The van der Waals surface area contributed by atoms with Crippen LogP contribution in [0.2, 0.25) is 0 Å². The molecule has 0 aliphatic carbocycles. The van der Waals surface area contributed by atoms with Crippen molar-refractivity contribution in [1.82, 2.24) is 5.32 Å². The highest BCUT2D eigenvalue weighted by Crippen LogP contribution is 2.18. The minimum atomic E-state index is 0.187. The molecule has 1 heterocycles. The monoisotopic (exact) mass is 165 g/mol. The second kappa shape index (κ2) is 2.80. The van der Waals surface area contributed by atoms with Crippen LogP contribution in [0.15, 0.2) is 11.2 Å². The molecular weight excluding hydrogens is 157 g/mol. The van der Waals surface area contributed by atoms with Gasteiger partial charge in [0.1, 0.15) is 0 Å². The van der Waals surface area contributed by atoms with E-state index in [4.69, 9.17) is 23.2 Å². The molecule has 52 valence electrons. The Labute approximate surface area is 65.0 Å². The second-order valence-corrected chi connectivity index (χ2v) is 3.24. The molecule has 9 heavy (non-hydrogen) atoms. The number of hydrogen-bond acceptors (Lipinski definition) is 1. The van der Waals surface area contributed by atoms with Crippen molar-refractivity contribution >= 4 is 23.2 Å². The number of halogens is 2. The molecule has 2 atom stereocenters. The topological polar surface area (TPSA) is 12.0 Å². The van der Waals surface area contributed by atoms with E-state index in [1.54, 1.807) is 0 Å². The summed E-state index contributed by atoms with van der Waals surface area (Å²) in [4.78, 5) is 0. The molecule has 1 aliphatic heterocycles. The lowest BCUT2D eigenvalue weighted by Gasteiger charge is -2.21. The van der Waals surface area contributed by atoms with E-state index in [1.807, 2.05) is 6.08 Å². The molecular formula is C6H9Cl2N. The van der Waals surface area contributed by atoms with Crippen molar-refractivity contribution in [1.29, 1.82) is 0 Å². The summed E-state index contributed by atoms with van der Waals surface area (Å²) in [5.41, 5.74) is 0. The van der Waals surface area contributed by atoms with Gasteiger partial charge in [-0.3, -0.25) is 0 Å². The lowest BCUT2D eigenvalue weighted by molar-refractivity contribution is 0.592. The fourth-order valence-electron chi connectivity index (χ4n) is 0.775. The van der Waals surface area contributed by atoms with E-state index in [0.29, 0.717) is 5.92 Å². The van der Waals surface area contributed by atoms with Crippen LogP contribution in [0, 0.1) is 5.92 Å². The fraction of sp³-hybridized carbons (Fsp3) is 0.667. The van der Waals surface area contributed by atoms with Gasteiger partial charge in [-0.05, 0) is 12.0 Å². The number of hydrogen-bond donors (Lipinski definition) is 1. The Morgan fingerprint density at radius 2 is 2.44 bits per heavy atom. The summed E-state index contributed by atoms with van der Waals surface area (Å²) in [6.45, 7) is 2.83. The third kappa shape index (κ3) is 1.77. The van der Waals surface area contributed by atoms with Gasteiger partial charge in [-0.25, -0.2) is 0 Å². The van der Waals surface area contributed by atoms with E-state index in [1.165, 1.54) is 0 Å². The van der Waals surface area contributed by atoms with Crippen molar-refractivity contribution in [3.05, 3.63) is 11.2 Å². The van der Waals surface area contributed by atoms with Crippen molar-refractivity contribution in [3.63, 3.8) is 0 Å². The van der Waals surface area contributed by atoms with Gasteiger partial charge in [-0.2, -0.15) is 0 Å². The van der Waals surface area contributed by atoms with Gasteiger partial charge in [0, 0.05) is 6.54 Å². The Balaban J connectivity index is 2.58. The molecule has 0 spiro atoms. The Morgan fingerprint density at radius 1 is 1.78 bits per heavy atom. The Hall–Kier alpha value is 0.120. The predicted molar refractivity (Wildman–Crippen MR) is 40.7 cm³/mol. The molecule has 0 fully saturated rings. The molecule has 1 N–H and O–H groups in total. The van der Waals surface area contributed by atoms with Gasteiger partial charge in [0.2, 0.25) is 0 Å². The van der Waals surface area contributed by atoms with Gasteiger partial charge in [0.25, 0.3) is 0 Å². The standard InChI is InChI=1S/C6H9Cl2N/c1-4-2-6(8)9-3-5(4)7/h2,4-5,9H,3H2,1H3. The maximum atomic E-state index is 5.87. The van der Waals surface area contributed by atoms with Crippen LogP contribution < -0.4 is 5.32 Å². The first-order chi connectivity index (χ1) is 4.20. The largest absolute Gasteiger partial charge is 0.375 e. The molecule has 1 aliphatic rings. The lowest BCUT2D eigenvalue weighted by atomic mass is 10.1. The van der Waals surface area contributed by atoms with Crippen LogP contribution in [0.1, 0.15) is 6.92 Å². The highest BCUT2D eigenvalue weighted by molar-refractivity contribution is 6.29. The molecule has 1 nitrogen and oxygen atoms in total. The zero-order chi connectivity index (χ0) is 6.85. The molecule has 3 heteroatoms. The number of nitrogens with one attached hydrogen (secondary N) is 1. The van der Waals surface area contributed by atoms with Crippen molar-refractivity contribution in [2.75, 3.05) is 6.54 Å². The first-order valence-electron chi connectivity index (χ1n) is 2.95. The van der Waals surface area contributed by atoms with Crippen molar-refractivity contribution in [2.24, 2.45) is 5.92 Å². The van der Waals surface area contributed by atoms with Crippen LogP contribution in [0.25, 0.3) is 0 Å². The SMILES string of the molecule is CC1C=C(Cl)NCC1Cl. The summed E-state index contributed by atoms with van der Waals surface area (Å²) in [5.74, 6) is 0.389. The predicted octanol–water partition coefficient (Wildman–Crippen LogP) is 1.91. The molecule has 0 radical (unpaired) electrons. The van der Waals surface area contributed by atoms with Gasteiger partial charge < -0.3 is 5.32 Å². The van der Waals surface area contributed by atoms with Crippen molar-refractivity contribution < 1.29 is 0 Å². The van der Waals surface area contributed by atoms with E-state index >= 15 is 0 Å². The molecule has 2 unspecified atom stereocenters. The molecule has 0 aromatic carbocycles. The summed E-state index contributed by atoms with van der Waals surface area (Å²) in [6, 6.07) is 0. The quantitative estimate of drug-likeness (QED) is 0.428. The summed E-state index contributed by atoms with van der Waals surface area (Å²) in [5, 5.41) is 3.87. The van der Waals surface area contributed by atoms with Gasteiger partial charge in [-0.1, -0.05) is 18.5 Å². The summed E-state index contributed by atoms with van der Waals surface area (Å²) in [7, 11) is 0. The van der Waals surface area contributed by atoms with E-state index in [2.05, 4.69) is 12.2 Å². The van der Waals surface area contributed by atoms with Crippen LogP contribution in [-0.2, 0) is 0 Å². The molecule has 0 aromatic rings. The molecule has 0 saturated carbocycles. The zero-order valence-electron chi connectivity index (χ0n) is 5.20.